The van der Waals surface area contributed by atoms with Crippen LogP contribution in [0, 0.1) is 0 Å². The molecule has 0 saturated carbocycles. The van der Waals surface area contributed by atoms with E-state index in [1.165, 1.54) is 24.9 Å². The molecule has 0 atom stereocenters. The third-order valence-electron chi connectivity index (χ3n) is 4.42. The zero-order valence-corrected chi connectivity index (χ0v) is 14.6. The lowest BCUT2D eigenvalue weighted by Crippen LogP contribution is -2.43. The Bertz CT molecular complexity index is 631. The van der Waals surface area contributed by atoms with Crippen LogP contribution in [0.5, 0.6) is 0 Å². The molecule has 1 aliphatic heterocycles. The van der Waals surface area contributed by atoms with Gasteiger partial charge in [0.25, 0.3) is 0 Å². The molecule has 3 rings (SSSR count). The molecular formula is C21H27N3. The molecule has 0 unspecified atom stereocenters. The Morgan fingerprint density at radius 3 is 2.21 bits per heavy atom. The normalized spacial score (nSPS) is 14.9. The predicted molar refractivity (Wildman–Crippen MR) is 103 cm³/mol. The highest BCUT2D eigenvalue weighted by Gasteiger charge is 2.23. The summed E-state index contributed by atoms with van der Waals surface area (Å²) in [7, 11) is 0. The van der Waals surface area contributed by atoms with Crippen LogP contribution in [-0.2, 0) is 0 Å². The average Bonchev–Trinajstić information content (AvgIpc) is 3.17. The van der Waals surface area contributed by atoms with Crippen LogP contribution in [0.3, 0.4) is 0 Å². The van der Waals surface area contributed by atoms with Gasteiger partial charge < -0.3 is 9.80 Å². The van der Waals surface area contributed by atoms with Crippen molar-refractivity contribution in [1.29, 1.82) is 0 Å². The maximum absolute atomic E-state index is 5.04. The van der Waals surface area contributed by atoms with Crippen LogP contribution >= 0.6 is 0 Å². The maximum atomic E-state index is 5.04. The fourth-order valence-corrected chi connectivity index (χ4v) is 3.11. The molecule has 0 aliphatic carbocycles. The molecule has 3 nitrogen and oxygen atoms in total. The summed E-state index contributed by atoms with van der Waals surface area (Å²) in [5.41, 5.74) is 2.25. The van der Waals surface area contributed by atoms with Gasteiger partial charge >= 0.3 is 0 Å². The van der Waals surface area contributed by atoms with Crippen LogP contribution in [0.25, 0.3) is 0 Å². The minimum Gasteiger partial charge on any atom is -0.342 e. The van der Waals surface area contributed by atoms with E-state index < -0.39 is 0 Å². The molecule has 1 saturated heterocycles. The van der Waals surface area contributed by atoms with E-state index in [1.807, 2.05) is 6.07 Å². The van der Waals surface area contributed by atoms with E-state index in [0.717, 1.165) is 37.7 Å². The van der Waals surface area contributed by atoms with Crippen molar-refractivity contribution in [3.63, 3.8) is 0 Å². The molecule has 0 aromatic heterocycles. The van der Waals surface area contributed by atoms with Gasteiger partial charge in [0.05, 0.1) is 5.69 Å². The van der Waals surface area contributed by atoms with Gasteiger partial charge in [0, 0.05) is 25.3 Å². The third kappa shape index (κ3) is 4.16. The number of likely N-dealkylation sites (tertiary alicyclic amines) is 1. The lowest BCUT2D eigenvalue weighted by Gasteiger charge is -2.32. The van der Waals surface area contributed by atoms with E-state index in [1.54, 1.807) is 0 Å². The summed E-state index contributed by atoms with van der Waals surface area (Å²) < 4.78 is 0. The van der Waals surface area contributed by atoms with Crippen molar-refractivity contribution in [3.05, 3.63) is 60.7 Å². The summed E-state index contributed by atoms with van der Waals surface area (Å²) in [5, 5.41) is 0. The summed E-state index contributed by atoms with van der Waals surface area (Å²) in [5.74, 6) is 1.10. The van der Waals surface area contributed by atoms with Crippen LogP contribution in [0.4, 0.5) is 11.4 Å². The van der Waals surface area contributed by atoms with Gasteiger partial charge in [-0.1, -0.05) is 49.7 Å². The molecule has 0 bridgehead atoms. The SMILES string of the molecule is CCCCN(C(=Nc1ccccc1)N1CCCC1)c1ccccc1. The first kappa shape index (κ1) is 16.6. The average molecular weight is 321 g/mol. The van der Waals surface area contributed by atoms with Gasteiger partial charge in [0.2, 0.25) is 5.96 Å². The van der Waals surface area contributed by atoms with Crippen molar-refractivity contribution < 1.29 is 0 Å². The number of hydrogen-bond donors (Lipinski definition) is 0. The Hall–Kier alpha value is -2.29. The minimum absolute atomic E-state index is 1.00. The maximum Gasteiger partial charge on any atom is 0.206 e. The number of hydrogen-bond acceptors (Lipinski definition) is 1. The second-order valence-electron chi connectivity index (χ2n) is 6.28. The lowest BCUT2D eigenvalue weighted by molar-refractivity contribution is 0.505. The molecule has 0 amide bonds. The Balaban J connectivity index is 1.98. The van der Waals surface area contributed by atoms with Crippen LogP contribution in [0.2, 0.25) is 0 Å². The van der Waals surface area contributed by atoms with Gasteiger partial charge in [-0.25, -0.2) is 4.99 Å². The Morgan fingerprint density at radius 2 is 1.58 bits per heavy atom. The number of rotatable bonds is 5. The number of unbranched alkanes of at least 4 members (excludes halogenated alkanes) is 1. The van der Waals surface area contributed by atoms with Gasteiger partial charge in [-0.2, -0.15) is 0 Å². The van der Waals surface area contributed by atoms with Gasteiger partial charge in [-0.15, -0.1) is 0 Å². The first-order valence-corrected chi connectivity index (χ1v) is 9.10. The molecule has 2 aromatic rings. The molecule has 1 heterocycles. The zero-order chi connectivity index (χ0) is 16.6. The van der Waals surface area contributed by atoms with Gasteiger partial charge in [-0.3, -0.25) is 0 Å². The molecule has 1 fully saturated rings. The van der Waals surface area contributed by atoms with Crippen molar-refractivity contribution in [2.75, 3.05) is 24.5 Å². The highest BCUT2D eigenvalue weighted by molar-refractivity contribution is 5.97. The molecule has 24 heavy (non-hydrogen) atoms. The molecule has 0 N–H and O–H groups in total. The monoisotopic (exact) mass is 321 g/mol. The number of aliphatic imine (C=N–C) groups is 1. The Labute approximate surface area is 145 Å². The molecular weight excluding hydrogens is 294 g/mol. The fourth-order valence-electron chi connectivity index (χ4n) is 3.11. The van der Waals surface area contributed by atoms with Crippen molar-refractivity contribution in [2.45, 2.75) is 32.6 Å². The van der Waals surface area contributed by atoms with Crippen molar-refractivity contribution in [3.8, 4) is 0 Å². The van der Waals surface area contributed by atoms with Gasteiger partial charge in [0.1, 0.15) is 0 Å². The van der Waals surface area contributed by atoms with E-state index in [4.69, 9.17) is 4.99 Å². The van der Waals surface area contributed by atoms with E-state index in [-0.39, 0.29) is 0 Å². The highest BCUT2D eigenvalue weighted by Crippen LogP contribution is 2.22. The summed E-state index contributed by atoms with van der Waals surface area (Å²) >= 11 is 0. The first-order valence-electron chi connectivity index (χ1n) is 9.10. The zero-order valence-electron chi connectivity index (χ0n) is 14.6. The Kier molecular flexibility index (Phi) is 5.89. The van der Waals surface area contributed by atoms with Crippen LogP contribution in [0.1, 0.15) is 32.6 Å². The largest absolute Gasteiger partial charge is 0.342 e. The molecule has 1 aliphatic rings. The van der Waals surface area contributed by atoms with E-state index in [9.17, 15) is 0 Å². The topological polar surface area (TPSA) is 18.8 Å². The highest BCUT2D eigenvalue weighted by atomic mass is 15.4. The van der Waals surface area contributed by atoms with Crippen LogP contribution in [0.15, 0.2) is 65.7 Å². The second kappa shape index (κ2) is 8.53. The number of para-hydroxylation sites is 2. The number of benzene rings is 2. The summed E-state index contributed by atoms with van der Waals surface area (Å²) in [6.07, 6.45) is 4.85. The molecule has 126 valence electrons. The number of guanidine groups is 1. The van der Waals surface area contributed by atoms with Gasteiger partial charge in [0.15, 0.2) is 0 Å². The van der Waals surface area contributed by atoms with Crippen LogP contribution in [-0.4, -0.2) is 30.5 Å². The minimum atomic E-state index is 1.00. The van der Waals surface area contributed by atoms with Crippen molar-refractivity contribution in [2.24, 2.45) is 4.99 Å². The molecule has 0 spiro atoms. The van der Waals surface area contributed by atoms with Crippen LogP contribution < -0.4 is 4.90 Å². The lowest BCUT2D eigenvalue weighted by atomic mass is 10.2. The van der Waals surface area contributed by atoms with Crippen molar-refractivity contribution in [1.82, 2.24) is 4.90 Å². The van der Waals surface area contributed by atoms with E-state index in [2.05, 4.69) is 71.3 Å². The summed E-state index contributed by atoms with van der Waals surface area (Å²) in [6, 6.07) is 21.0. The number of nitrogens with zero attached hydrogens (tertiary/aromatic N) is 3. The van der Waals surface area contributed by atoms with E-state index >= 15 is 0 Å². The first-order chi connectivity index (χ1) is 11.9. The van der Waals surface area contributed by atoms with E-state index in [0.29, 0.717) is 0 Å². The van der Waals surface area contributed by atoms with Crippen molar-refractivity contribution >= 4 is 17.3 Å². The molecule has 2 aromatic carbocycles. The predicted octanol–water partition coefficient (Wildman–Crippen LogP) is 5.08. The molecule has 3 heteroatoms. The fraction of sp³-hybridized carbons (Fsp3) is 0.381. The third-order valence-corrected chi connectivity index (χ3v) is 4.42. The quantitative estimate of drug-likeness (QED) is 0.565. The standard InChI is InChI=1S/C21H27N3/c1-2-3-18-24(20-14-8-5-9-15-20)21(23-16-10-11-17-23)22-19-12-6-4-7-13-19/h4-9,12-15H,2-3,10-11,16-18H2,1H3. The summed E-state index contributed by atoms with van der Waals surface area (Å²) in [6.45, 7) is 5.44. The molecule has 0 radical (unpaired) electrons. The smallest absolute Gasteiger partial charge is 0.206 e. The Morgan fingerprint density at radius 1 is 0.958 bits per heavy atom. The second-order valence-corrected chi connectivity index (χ2v) is 6.28. The number of anilines is 1. The van der Waals surface area contributed by atoms with Gasteiger partial charge in [-0.05, 0) is 43.5 Å². The summed E-state index contributed by atoms with van der Waals surface area (Å²) in [4.78, 5) is 9.87.